The molecule has 0 saturated carbocycles. The van der Waals surface area contributed by atoms with E-state index < -0.39 is 0 Å². The first kappa shape index (κ1) is 14.9. The molecular weight excluding hydrogens is 226 g/mol. The number of hydrogen-bond donors (Lipinski definition) is 2. The number of nitrogens with one attached hydrogen (secondary N) is 2. The molecule has 0 aliphatic rings. The number of halogens is 1. The Bertz CT molecular complexity index is 305. The Labute approximate surface area is 102 Å². The number of carbonyl (C=O) groups excluding carboxylic acids is 1. The zero-order chi connectivity index (χ0) is 11.1. The quantitative estimate of drug-likeness (QED) is 0.803. The first-order chi connectivity index (χ1) is 7.22. The maximum absolute atomic E-state index is 11.5. The Hall–Kier alpha value is -1.13. The Morgan fingerprint density at radius 2 is 2.31 bits per heavy atom. The van der Waals surface area contributed by atoms with Crippen molar-refractivity contribution in [3.63, 3.8) is 0 Å². The molecule has 0 aliphatic heterocycles. The van der Waals surface area contributed by atoms with Crippen LogP contribution >= 0.6 is 12.4 Å². The van der Waals surface area contributed by atoms with Crippen LogP contribution in [0.2, 0.25) is 0 Å². The summed E-state index contributed by atoms with van der Waals surface area (Å²) >= 11 is 0. The predicted octanol–water partition coefficient (Wildman–Crippen LogP) is 0.770. The third-order valence-corrected chi connectivity index (χ3v) is 2.19. The van der Waals surface area contributed by atoms with Crippen molar-refractivity contribution in [3.8, 4) is 0 Å². The van der Waals surface area contributed by atoms with Crippen LogP contribution in [0.3, 0.4) is 0 Å². The van der Waals surface area contributed by atoms with Gasteiger partial charge in [0.1, 0.15) is 0 Å². The number of amides is 1. The summed E-state index contributed by atoms with van der Waals surface area (Å²) in [6, 6.07) is 4.02. The second-order valence-electron chi connectivity index (χ2n) is 3.53. The molecule has 0 aliphatic carbocycles. The number of aromatic nitrogens is 1. The highest BCUT2D eigenvalue weighted by Crippen LogP contribution is 1.96. The third kappa shape index (κ3) is 5.68. The fourth-order valence-electron chi connectivity index (χ4n) is 1.12. The smallest absolute Gasteiger partial charge is 0.224 e. The van der Waals surface area contributed by atoms with Gasteiger partial charge in [0.05, 0.1) is 6.42 Å². The van der Waals surface area contributed by atoms with Gasteiger partial charge >= 0.3 is 0 Å². The van der Waals surface area contributed by atoms with Gasteiger partial charge in [-0.2, -0.15) is 0 Å². The lowest BCUT2D eigenvalue weighted by Crippen LogP contribution is -2.37. The maximum atomic E-state index is 11.5. The molecule has 0 bridgehead atoms. The molecule has 1 amide bonds. The molecule has 1 atom stereocenters. The number of pyridine rings is 1. The SMILES string of the molecule is CNC(C)CNC(=O)Cc1cccnc1.Cl. The van der Waals surface area contributed by atoms with E-state index in [-0.39, 0.29) is 18.3 Å². The average molecular weight is 244 g/mol. The molecule has 0 spiro atoms. The average Bonchev–Trinajstić information content (AvgIpc) is 2.27. The van der Waals surface area contributed by atoms with Crippen molar-refractivity contribution in [1.29, 1.82) is 0 Å². The van der Waals surface area contributed by atoms with Crippen molar-refractivity contribution in [1.82, 2.24) is 15.6 Å². The van der Waals surface area contributed by atoms with Gasteiger partial charge in [-0.05, 0) is 25.6 Å². The highest BCUT2D eigenvalue weighted by atomic mass is 35.5. The molecule has 0 fully saturated rings. The summed E-state index contributed by atoms with van der Waals surface area (Å²) in [5.41, 5.74) is 0.937. The van der Waals surface area contributed by atoms with Crippen LogP contribution in [0.5, 0.6) is 0 Å². The van der Waals surface area contributed by atoms with Crippen LogP contribution < -0.4 is 10.6 Å². The van der Waals surface area contributed by atoms with Gasteiger partial charge in [0.25, 0.3) is 0 Å². The lowest BCUT2D eigenvalue weighted by atomic mass is 10.2. The molecule has 1 unspecified atom stereocenters. The minimum Gasteiger partial charge on any atom is -0.354 e. The van der Waals surface area contributed by atoms with Crippen molar-refractivity contribution < 1.29 is 4.79 Å². The lowest BCUT2D eigenvalue weighted by molar-refractivity contribution is -0.120. The maximum Gasteiger partial charge on any atom is 0.224 e. The number of hydrogen-bond acceptors (Lipinski definition) is 3. The molecule has 4 nitrogen and oxygen atoms in total. The van der Waals surface area contributed by atoms with E-state index in [0.29, 0.717) is 19.0 Å². The Morgan fingerprint density at radius 1 is 1.56 bits per heavy atom. The summed E-state index contributed by atoms with van der Waals surface area (Å²) in [7, 11) is 1.87. The number of nitrogens with zero attached hydrogens (tertiary/aromatic N) is 1. The number of carbonyl (C=O) groups is 1. The van der Waals surface area contributed by atoms with Crippen LogP contribution in [0.15, 0.2) is 24.5 Å². The monoisotopic (exact) mass is 243 g/mol. The minimum absolute atomic E-state index is 0. The first-order valence-corrected chi connectivity index (χ1v) is 5.05. The van der Waals surface area contributed by atoms with Crippen LogP contribution in [-0.4, -0.2) is 30.5 Å². The van der Waals surface area contributed by atoms with Crippen LogP contribution in [-0.2, 0) is 11.2 Å². The van der Waals surface area contributed by atoms with Gasteiger partial charge in [-0.15, -0.1) is 12.4 Å². The highest BCUT2D eigenvalue weighted by Gasteiger charge is 2.04. The van der Waals surface area contributed by atoms with Crippen LogP contribution in [0.25, 0.3) is 0 Å². The van der Waals surface area contributed by atoms with Crippen molar-refractivity contribution in [3.05, 3.63) is 30.1 Å². The molecule has 1 heterocycles. The number of rotatable bonds is 5. The van der Waals surface area contributed by atoms with Crippen LogP contribution in [0, 0.1) is 0 Å². The van der Waals surface area contributed by atoms with Gasteiger partial charge in [0, 0.05) is 25.0 Å². The molecule has 16 heavy (non-hydrogen) atoms. The van der Waals surface area contributed by atoms with E-state index in [0.717, 1.165) is 5.56 Å². The summed E-state index contributed by atoms with van der Waals surface area (Å²) in [5.74, 6) is 0.0325. The zero-order valence-corrected chi connectivity index (χ0v) is 10.4. The van der Waals surface area contributed by atoms with Crippen LogP contribution in [0.1, 0.15) is 12.5 Å². The summed E-state index contributed by atoms with van der Waals surface area (Å²) in [6.45, 7) is 2.67. The second-order valence-corrected chi connectivity index (χ2v) is 3.53. The van der Waals surface area contributed by atoms with E-state index in [1.54, 1.807) is 12.4 Å². The van der Waals surface area contributed by atoms with Gasteiger partial charge in [0.15, 0.2) is 0 Å². The zero-order valence-electron chi connectivity index (χ0n) is 9.56. The van der Waals surface area contributed by atoms with Gasteiger partial charge in [-0.25, -0.2) is 0 Å². The van der Waals surface area contributed by atoms with E-state index in [1.807, 2.05) is 26.1 Å². The second kappa shape index (κ2) is 8.07. The van der Waals surface area contributed by atoms with Gasteiger partial charge in [-0.1, -0.05) is 6.07 Å². The minimum atomic E-state index is 0. The summed E-state index contributed by atoms with van der Waals surface area (Å²) in [4.78, 5) is 15.4. The normalized spacial score (nSPS) is 11.4. The van der Waals surface area contributed by atoms with Crippen molar-refractivity contribution in [2.45, 2.75) is 19.4 Å². The first-order valence-electron chi connectivity index (χ1n) is 5.05. The van der Waals surface area contributed by atoms with E-state index in [4.69, 9.17) is 0 Å². The molecule has 1 aromatic rings. The molecule has 1 aromatic heterocycles. The van der Waals surface area contributed by atoms with Crippen molar-refractivity contribution >= 4 is 18.3 Å². The largest absolute Gasteiger partial charge is 0.354 e. The predicted molar refractivity (Wildman–Crippen MR) is 66.7 cm³/mol. The Morgan fingerprint density at radius 3 is 2.88 bits per heavy atom. The lowest BCUT2D eigenvalue weighted by Gasteiger charge is -2.11. The van der Waals surface area contributed by atoms with Crippen molar-refractivity contribution in [2.75, 3.05) is 13.6 Å². The number of likely N-dealkylation sites (N-methyl/N-ethyl adjacent to an activating group) is 1. The summed E-state index contributed by atoms with van der Waals surface area (Å²) in [6.07, 6.45) is 3.80. The van der Waals surface area contributed by atoms with E-state index in [1.165, 1.54) is 0 Å². The molecule has 90 valence electrons. The molecular formula is C11H18ClN3O. The van der Waals surface area contributed by atoms with Gasteiger partial charge in [-0.3, -0.25) is 9.78 Å². The van der Waals surface area contributed by atoms with Crippen LogP contribution in [0.4, 0.5) is 0 Å². The molecule has 0 saturated heterocycles. The summed E-state index contributed by atoms with van der Waals surface area (Å²) < 4.78 is 0. The van der Waals surface area contributed by atoms with E-state index in [9.17, 15) is 4.79 Å². The third-order valence-electron chi connectivity index (χ3n) is 2.19. The Kier molecular flexibility index (Phi) is 7.50. The molecule has 1 rings (SSSR count). The van der Waals surface area contributed by atoms with Gasteiger partial charge < -0.3 is 10.6 Å². The van der Waals surface area contributed by atoms with E-state index in [2.05, 4.69) is 15.6 Å². The Balaban J connectivity index is 0.00000225. The molecule has 0 radical (unpaired) electrons. The van der Waals surface area contributed by atoms with Crippen molar-refractivity contribution in [2.24, 2.45) is 0 Å². The topological polar surface area (TPSA) is 54.0 Å². The highest BCUT2D eigenvalue weighted by molar-refractivity contribution is 5.85. The molecule has 5 heteroatoms. The standard InChI is InChI=1S/C11H17N3O.ClH/c1-9(12-2)7-14-11(15)6-10-4-3-5-13-8-10;/h3-5,8-9,12H,6-7H2,1-2H3,(H,14,15);1H. The van der Waals surface area contributed by atoms with Gasteiger partial charge in [0.2, 0.25) is 5.91 Å². The summed E-state index contributed by atoms with van der Waals surface area (Å²) in [5, 5.41) is 5.91. The fraction of sp³-hybridized carbons (Fsp3) is 0.455. The van der Waals surface area contributed by atoms with E-state index >= 15 is 0 Å². The molecule has 2 N–H and O–H groups in total. The molecule has 0 aromatic carbocycles. The fourth-order valence-corrected chi connectivity index (χ4v) is 1.12.